The average Bonchev–Trinajstić information content (AvgIpc) is 2.73. The van der Waals surface area contributed by atoms with Crippen LogP contribution in [0.5, 0.6) is 5.75 Å². The van der Waals surface area contributed by atoms with Gasteiger partial charge in [-0.3, -0.25) is 0 Å². The molecule has 6 heteroatoms. The van der Waals surface area contributed by atoms with E-state index in [1.807, 2.05) is 17.8 Å². The van der Waals surface area contributed by atoms with E-state index in [0.717, 1.165) is 5.82 Å². The Morgan fingerprint density at radius 3 is 2.89 bits per heavy atom. The summed E-state index contributed by atoms with van der Waals surface area (Å²) in [5.74, 6) is 0.415. The van der Waals surface area contributed by atoms with Gasteiger partial charge in [0.25, 0.3) is 0 Å². The fourth-order valence-corrected chi connectivity index (χ4v) is 1.92. The third-order valence-corrected chi connectivity index (χ3v) is 3.08. The SMILES string of the molecule is Cn1ccnc1COc1ccc(C(=O)O)cc1Br. The lowest BCUT2D eigenvalue weighted by Gasteiger charge is -2.08. The fraction of sp³-hybridized carbons (Fsp3) is 0.167. The molecule has 0 spiro atoms. The van der Waals surface area contributed by atoms with Crippen molar-refractivity contribution >= 4 is 21.9 Å². The molecule has 1 aromatic heterocycles. The number of imidazole rings is 1. The number of halogens is 1. The van der Waals surface area contributed by atoms with Crippen LogP contribution in [0, 0.1) is 0 Å². The zero-order valence-corrected chi connectivity index (χ0v) is 11.2. The second-order valence-corrected chi connectivity index (χ2v) is 4.55. The minimum Gasteiger partial charge on any atom is -0.484 e. The van der Waals surface area contributed by atoms with Gasteiger partial charge >= 0.3 is 5.97 Å². The molecule has 0 atom stereocenters. The van der Waals surface area contributed by atoms with Crippen LogP contribution in [0.2, 0.25) is 0 Å². The van der Waals surface area contributed by atoms with Crippen LogP contribution in [-0.4, -0.2) is 20.6 Å². The molecule has 0 aliphatic heterocycles. The van der Waals surface area contributed by atoms with E-state index in [-0.39, 0.29) is 5.56 Å². The molecule has 0 aliphatic carbocycles. The van der Waals surface area contributed by atoms with Gasteiger partial charge in [-0.05, 0) is 34.1 Å². The summed E-state index contributed by atoms with van der Waals surface area (Å²) < 4.78 is 8.04. The second-order valence-electron chi connectivity index (χ2n) is 3.69. The first-order chi connectivity index (χ1) is 8.58. The first kappa shape index (κ1) is 12.6. The van der Waals surface area contributed by atoms with E-state index in [1.165, 1.54) is 12.1 Å². The van der Waals surface area contributed by atoms with Gasteiger partial charge in [-0.25, -0.2) is 9.78 Å². The highest BCUT2D eigenvalue weighted by Crippen LogP contribution is 2.26. The number of aromatic carboxylic acids is 1. The Balaban J connectivity index is 2.11. The van der Waals surface area contributed by atoms with Gasteiger partial charge in [-0.2, -0.15) is 0 Å². The van der Waals surface area contributed by atoms with Crippen LogP contribution >= 0.6 is 15.9 Å². The zero-order valence-electron chi connectivity index (χ0n) is 9.63. The van der Waals surface area contributed by atoms with Crippen LogP contribution in [0.4, 0.5) is 0 Å². The molecule has 18 heavy (non-hydrogen) atoms. The van der Waals surface area contributed by atoms with Crippen molar-refractivity contribution in [1.29, 1.82) is 0 Å². The maximum atomic E-state index is 10.8. The molecule has 5 nitrogen and oxygen atoms in total. The Labute approximate surface area is 112 Å². The number of carboxylic acid groups (broad SMARTS) is 1. The van der Waals surface area contributed by atoms with E-state index >= 15 is 0 Å². The highest BCUT2D eigenvalue weighted by Gasteiger charge is 2.08. The topological polar surface area (TPSA) is 64.4 Å². The van der Waals surface area contributed by atoms with E-state index in [0.29, 0.717) is 16.8 Å². The van der Waals surface area contributed by atoms with Crippen molar-refractivity contribution < 1.29 is 14.6 Å². The molecule has 1 heterocycles. The maximum absolute atomic E-state index is 10.8. The molecule has 0 bridgehead atoms. The number of hydrogen-bond acceptors (Lipinski definition) is 3. The molecular formula is C12H11BrN2O3. The number of carboxylic acids is 1. The average molecular weight is 311 g/mol. The lowest BCUT2D eigenvalue weighted by Crippen LogP contribution is -2.04. The Hall–Kier alpha value is -1.82. The monoisotopic (exact) mass is 310 g/mol. The minimum atomic E-state index is -0.966. The third kappa shape index (κ3) is 2.70. The zero-order chi connectivity index (χ0) is 13.1. The van der Waals surface area contributed by atoms with Gasteiger partial charge in [0.1, 0.15) is 18.2 Å². The maximum Gasteiger partial charge on any atom is 0.335 e. The number of aryl methyl sites for hydroxylation is 1. The van der Waals surface area contributed by atoms with E-state index < -0.39 is 5.97 Å². The third-order valence-electron chi connectivity index (χ3n) is 2.46. The van der Waals surface area contributed by atoms with Crippen molar-refractivity contribution in [1.82, 2.24) is 9.55 Å². The van der Waals surface area contributed by atoms with Gasteiger partial charge in [-0.1, -0.05) is 0 Å². The molecule has 1 N–H and O–H groups in total. The van der Waals surface area contributed by atoms with Crippen molar-refractivity contribution in [2.24, 2.45) is 7.05 Å². The van der Waals surface area contributed by atoms with Crippen LogP contribution in [0.1, 0.15) is 16.2 Å². The van der Waals surface area contributed by atoms with Crippen molar-refractivity contribution in [3.63, 3.8) is 0 Å². The van der Waals surface area contributed by atoms with Gasteiger partial charge < -0.3 is 14.4 Å². The molecule has 0 fully saturated rings. The van der Waals surface area contributed by atoms with Gasteiger partial charge in [0.2, 0.25) is 0 Å². The number of aromatic nitrogens is 2. The van der Waals surface area contributed by atoms with E-state index in [1.54, 1.807) is 12.3 Å². The van der Waals surface area contributed by atoms with E-state index in [4.69, 9.17) is 9.84 Å². The number of rotatable bonds is 4. The molecule has 0 saturated carbocycles. The van der Waals surface area contributed by atoms with Gasteiger partial charge in [-0.15, -0.1) is 0 Å². The molecule has 94 valence electrons. The van der Waals surface area contributed by atoms with Crippen LogP contribution in [0.25, 0.3) is 0 Å². The Morgan fingerprint density at radius 1 is 1.56 bits per heavy atom. The van der Waals surface area contributed by atoms with Crippen molar-refractivity contribution in [2.75, 3.05) is 0 Å². The smallest absolute Gasteiger partial charge is 0.335 e. The highest BCUT2D eigenvalue weighted by atomic mass is 79.9. The van der Waals surface area contributed by atoms with Crippen LogP contribution in [0.15, 0.2) is 35.1 Å². The number of nitrogens with zero attached hydrogens (tertiary/aromatic N) is 2. The lowest BCUT2D eigenvalue weighted by atomic mass is 10.2. The predicted molar refractivity (Wildman–Crippen MR) is 68.6 cm³/mol. The van der Waals surface area contributed by atoms with Crippen LogP contribution in [-0.2, 0) is 13.7 Å². The molecule has 0 radical (unpaired) electrons. The number of ether oxygens (including phenoxy) is 1. The summed E-state index contributed by atoms with van der Waals surface area (Å²) in [6.45, 7) is 0.328. The summed E-state index contributed by atoms with van der Waals surface area (Å²) in [4.78, 5) is 14.9. The van der Waals surface area contributed by atoms with E-state index in [2.05, 4.69) is 20.9 Å². The predicted octanol–water partition coefficient (Wildman–Crippen LogP) is 2.46. The summed E-state index contributed by atoms with van der Waals surface area (Å²) in [5.41, 5.74) is 0.214. The molecule has 2 aromatic rings. The second kappa shape index (κ2) is 5.22. The molecule has 1 aromatic carbocycles. The van der Waals surface area contributed by atoms with E-state index in [9.17, 15) is 4.79 Å². The summed E-state index contributed by atoms with van der Waals surface area (Å²) >= 11 is 3.28. The number of benzene rings is 1. The molecular weight excluding hydrogens is 300 g/mol. The quantitative estimate of drug-likeness (QED) is 0.942. The van der Waals surface area contributed by atoms with Crippen LogP contribution < -0.4 is 4.74 Å². The summed E-state index contributed by atoms with van der Waals surface area (Å²) in [5, 5.41) is 8.84. The highest BCUT2D eigenvalue weighted by molar-refractivity contribution is 9.10. The van der Waals surface area contributed by atoms with Gasteiger partial charge in [0.15, 0.2) is 0 Å². The number of hydrogen-bond donors (Lipinski definition) is 1. The molecule has 0 aliphatic rings. The van der Waals surface area contributed by atoms with Gasteiger partial charge in [0.05, 0.1) is 10.0 Å². The Morgan fingerprint density at radius 2 is 2.33 bits per heavy atom. The Kier molecular flexibility index (Phi) is 3.66. The summed E-state index contributed by atoms with van der Waals surface area (Å²) in [6.07, 6.45) is 3.53. The Bertz CT molecular complexity index is 580. The minimum absolute atomic E-state index is 0.214. The fourth-order valence-electron chi connectivity index (χ4n) is 1.43. The largest absolute Gasteiger partial charge is 0.484 e. The van der Waals surface area contributed by atoms with Crippen molar-refractivity contribution in [2.45, 2.75) is 6.61 Å². The molecule has 2 rings (SSSR count). The van der Waals surface area contributed by atoms with Gasteiger partial charge in [0, 0.05) is 19.4 Å². The lowest BCUT2D eigenvalue weighted by molar-refractivity contribution is 0.0696. The number of carbonyl (C=O) groups is 1. The first-order valence-corrected chi connectivity index (χ1v) is 5.99. The normalized spacial score (nSPS) is 10.3. The molecule has 0 saturated heterocycles. The molecule has 0 amide bonds. The van der Waals surface area contributed by atoms with Crippen LogP contribution in [0.3, 0.4) is 0 Å². The summed E-state index contributed by atoms with van der Waals surface area (Å²) in [7, 11) is 1.88. The standard InChI is InChI=1S/C12H11BrN2O3/c1-15-5-4-14-11(15)7-18-10-3-2-8(12(16)17)6-9(10)13/h2-6H,7H2,1H3,(H,16,17). The summed E-state index contributed by atoms with van der Waals surface area (Å²) in [6, 6.07) is 4.63. The van der Waals surface area contributed by atoms with Crippen molar-refractivity contribution in [3.05, 3.63) is 46.5 Å². The first-order valence-electron chi connectivity index (χ1n) is 5.20. The van der Waals surface area contributed by atoms with Crippen molar-refractivity contribution in [3.8, 4) is 5.75 Å². The molecule has 0 unspecified atom stereocenters.